The van der Waals surface area contributed by atoms with Crippen molar-refractivity contribution in [2.24, 2.45) is 0 Å². The molecule has 0 saturated heterocycles. The van der Waals surface area contributed by atoms with E-state index in [1.807, 2.05) is 20.2 Å². The van der Waals surface area contributed by atoms with Gasteiger partial charge in [-0.15, -0.1) is 0 Å². The number of nitrogens with one attached hydrogen (secondary N) is 1. The first-order valence-electron chi connectivity index (χ1n) is 6.72. The number of hydrogen-bond acceptors (Lipinski definition) is 4. The zero-order chi connectivity index (χ0) is 15.2. The van der Waals surface area contributed by atoms with Crippen molar-refractivity contribution in [2.75, 3.05) is 31.4 Å². The summed E-state index contributed by atoms with van der Waals surface area (Å²) in [4.78, 5) is 2.07. The van der Waals surface area contributed by atoms with Gasteiger partial charge in [-0.05, 0) is 29.8 Å². The maximum Gasteiger partial charge on any atom is 0.143 e. The molecule has 1 N–H and O–H groups in total. The molecule has 0 bridgehead atoms. The number of hydrogen-bond donors (Lipinski definition) is 1. The van der Waals surface area contributed by atoms with Gasteiger partial charge in [0.15, 0.2) is 0 Å². The third-order valence-corrected chi connectivity index (χ3v) is 3.27. The quantitative estimate of drug-likeness (QED) is 0.914. The lowest BCUT2D eigenvalue weighted by atomic mass is 10.1. The molecule has 2 rings (SSSR count). The summed E-state index contributed by atoms with van der Waals surface area (Å²) in [5.41, 5.74) is 3.84. The van der Waals surface area contributed by atoms with Gasteiger partial charge in [0.1, 0.15) is 5.75 Å². The minimum atomic E-state index is 0.590. The molecule has 0 unspecified atom stereocenters. The minimum Gasteiger partial charge on any atom is -0.495 e. The van der Waals surface area contributed by atoms with Gasteiger partial charge in [0.25, 0.3) is 0 Å². The van der Waals surface area contributed by atoms with Gasteiger partial charge in [-0.25, -0.2) is 0 Å². The summed E-state index contributed by atoms with van der Waals surface area (Å²) in [6.07, 6.45) is 0. The van der Waals surface area contributed by atoms with Gasteiger partial charge in [-0.1, -0.05) is 12.1 Å². The maximum absolute atomic E-state index is 8.90. The Kier molecular flexibility index (Phi) is 4.68. The zero-order valence-electron chi connectivity index (χ0n) is 12.6. The topological polar surface area (TPSA) is 48.3 Å². The first-order chi connectivity index (χ1) is 10.1. The fourth-order valence-electron chi connectivity index (χ4n) is 2.02. The van der Waals surface area contributed by atoms with Crippen molar-refractivity contribution >= 4 is 11.4 Å². The van der Waals surface area contributed by atoms with Crippen LogP contribution in [0.4, 0.5) is 11.4 Å². The molecule has 0 atom stereocenters. The lowest BCUT2D eigenvalue weighted by molar-refractivity contribution is 0.416. The van der Waals surface area contributed by atoms with E-state index in [1.165, 1.54) is 11.3 Å². The second kappa shape index (κ2) is 6.67. The van der Waals surface area contributed by atoms with Crippen LogP contribution < -0.4 is 15.0 Å². The maximum atomic E-state index is 8.90. The molecule has 2 aromatic carbocycles. The van der Waals surface area contributed by atoms with Crippen LogP contribution in [0.2, 0.25) is 0 Å². The van der Waals surface area contributed by atoms with Crippen molar-refractivity contribution < 1.29 is 4.74 Å². The average molecular weight is 281 g/mol. The standard InChI is InChI=1S/C17H19N3O/c1-20(2)15-7-4-13(5-8-15)12-19-16-9-6-14(11-18)10-17(16)21-3/h4-10,19H,12H2,1-3H3. The summed E-state index contributed by atoms with van der Waals surface area (Å²) in [6.45, 7) is 0.704. The van der Waals surface area contributed by atoms with Crippen molar-refractivity contribution in [2.45, 2.75) is 6.54 Å². The molecule has 0 aliphatic carbocycles. The summed E-state index contributed by atoms with van der Waals surface area (Å²) in [7, 11) is 5.65. The van der Waals surface area contributed by atoms with Crippen LogP contribution in [-0.2, 0) is 6.54 Å². The van der Waals surface area contributed by atoms with Gasteiger partial charge in [0, 0.05) is 32.4 Å². The number of benzene rings is 2. The number of anilines is 2. The first kappa shape index (κ1) is 14.7. The van der Waals surface area contributed by atoms with E-state index in [-0.39, 0.29) is 0 Å². The Hall–Kier alpha value is -2.67. The molecule has 21 heavy (non-hydrogen) atoms. The highest BCUT2D eigenvalue weighted by molar-refractivity contribution is 5.59. The molecule has 0 heterocycles. The van der Waals surface area contributed by atoms with Crippen LogP contribution in [0.1, 0.15) is 11.1 Å². The number of rotatable bonds is 5. The predicted octanol–water partition coefficient (Wildman–Crippen LogP) is 3.24. The van der Waals surface area contributed by atoms with Crippen molar-refractivity contribution in [3.63, 3.8) is 0 Å². The molecular formula is C17H19N3O. The van der Waals surface area contributed by atoms with Crippen LogP contribution in [-0.4, -0.2) is 21.2 Å². The van der Waals surface area contributed by atoms with Gasteiger partial charge in [0.2, 0.25) is 0 Å². The van der Waals surface area contributed by atoms with Crippen LogP contribution in [0.25, 0.3) is 0 Å². The van der Waals surface area contributed by atoms with E-state index in [4.69, 9.17) is 10.00 Å². The fraction of sp³-hybridized carbons (Fsp3) is 0.235. The molecule has 0 aromatic heterocycles. The van der Waals surface area contributed by atoms with Gasteiger partial charge >= 0.3 is 0 Å². The summed E-state index contributed by atoms with van der Waals surface area (Å²) < 4.78 is 5.31. The van der Waals surface area contributed by atoms with Gasteiger partial charge in [-0.3, -0.25) is 0 Å². The lowest BCUT2D eigenvalue weighted by Gasteiger charge is -2.14. The van der Waals surface area contributed by atoms with E-state index >= 15 is 0 Å². The number of nitriles is 1. The first-order valence-corrected chi connectivity index (χ1v) is 6.72. The molecule has 0 saturated carbocycles. The molecular weight excluding hydrogens is 262 g/mol. The number of nitrogens with zero attached hydrogens (tertiary/aromatic N) is 2. The summed E-state index contributed by atoms with van der Waals surface area (Å²) >= 11 is 0. The molecule has 0 amide bonds. The molecule has 0 radical (unpaired) electrons. The Balaban J connectivity index is 2.07. The van der Waals surface area contributed by atoms with Crippen LogP contribution >= 0.6 is 0 Å². The molecule has 4 heteroatoms. The lowest BCUT2D eigenvalue weighted by Crippen LogP contribution is -2.08. The number of ether oxygens (including phenoxy) is 1. The molecule has 0 fully saturated rings. The Bertz CT molecular complexity index is 642. The van der Waals surface area contributed by atoms with E-state index in [9.17, 15) is 0 Å². The summed E-state index contributed by atoms with van der Waals surface area (Å²) in [5.74, 6) is 0.680. The van der Waals surface area contributed by atoms with Crippen LogP contribution in [0.5, 0.6) is 5.75 Å². The molecule has 4 nitrogen and oxygen atoms in total. The highest BCUT2D eigenvalue weighted by Crippen LogP contribution is 2.26. The van der Waals surface area contributed by atoms with Crippen molar-refractivity contribution in [1.82, 2.24) is 0 Å². The third kappa shape index (κ3) is 3.67. The molecule has 0 aliphatic heterocycles. The monoisotopic (exact) mass is 281 g/mol. The van der Waals surface area contributed by atoms with Crippen LogP contribution in [0, 0.1) is 11.3 Å². The Morgan fingerprint density at radius 3 is 2.43 bits per heavy atom. The van der Waals surface area contributed by atoms with E-state index in [1.54, 1.807) is 19.2 Å². The summed E-state index contributed by atoms with van der Waals surface area (Å²) in [6, 6.07) is 15.9. The Labute approximate surface area is 125 Å². The van der Waals surface area contributed by atoms with Gasteiger partial charge in [-0.2, -0.15) is 5.26 Å². The second-order valence-corrected chi connectivity index (χ2v) is 4.94. The third-order valence-electron chi connectivity index (χ3n) is 3.27. The predicted molar refractivity (Wildman–Crippen MR) is 85.8 cm³/mol. The smallest absolute Gasteiger partial charge is 0.143 e. The zero-order valence-corrected chi connectivity index (χ0v) is 12.6. The summed E-state index contributed by atoms with van der Waals surface area (Å²) in [5, 5.41) is 12.2. The van der Waals surface area contributed by atoms with Gasteiger partial charge < -0.3 is 15.0 Å². The van der Waals surface area contributed by atoms with E-state index in [0.29, 0.717) is 17.9 Å². The molecule has 2 aromatic rings. The Morgan fingerprint density at radius 1 is 1.14 bits per heavy atom. The van der Waals surface area contributed by atoms with Crippen LogP contribution in [0.15, 0.2) is 42.5 Å². The van der Waals surface area contributed by atoms with Crippen LogP contribution in [0.3, 0.4) is 0 Å². The number of methoxy groups -OCH3 is 1. The average Bonchev–Trinajstić information content (AvgIpc) is 2.53. The molecule has 0 spiro atoms. The molecule has 108 valence electrons. The van der Waals surface area contributed by atoms with E-state index in [2.05, 4.69) is 40.6 Å². The SMILES string of the molecule is COc1cc(C#N)ccc1NCc1ccc(N(C)C)cc1. The van der Waals surface area contributed by atoms with Crippen molar-refractivity contribution in [3.05, 3.63) is 53.6 Å². The largest absolute Gasteiger partial charge is 0.495 e. The van der Waals surface area contributed by atoms with E-state index in [0.717, 1.165) is 5.69 Å². The second-order valence-electron chi connectivity index (χ2n) is 4.94. The van der Waals surface area contributed by atoms with E-state index < -0.39 is 0 Å². The van der Waals surface area contributed by atoms with Gasteiger partial charge in [0.05, 0.1) is 24.4 Å². The molecule has 0 aliphatic rings. The Morgan fingerprint density at radius 2 is 1.86 bits per heavy atom. The normalized spacial score (nSPS) is 9.81. The highest BCUT2D eigenvalue weighted by Gasteiger charge is 2.04. The highest BCUT2D eigenvalue weighted by atomic mass is 16.5. The van der Waals surface area contributed by atoms with Crippen molar-refractivity contribution in [1.29, 1.82) is 5.26 Å². The van der Waals surface area contributed by atoms with Crippen molar-refractivity contribution in [3.8, 4) is 11.8 Å². The minimum absolute atomic E-state index is 0.590. The fourth-order valence-corrected chi connectivity index (χ4v) is 2.02.